The monoisotopic (exact) mass is 426 g/mol. The number of anilines is 1. The number of carbonyl (C=O) groups is 1. The van der Waals surface area contributed by atoms with Crippen molar-refractivity contribution in [2.75, 3.05) is 26.6 Å². The Morgan fingerprint density at radius 2 is 1.73 bits per heavy atom. The van der Waals surface area contributed by atoms with Crippen LogP contribution in [0, 0.1) is 11.3 Å². The second-order valence-corrected chi connectivity index (χ2v) is 7.98. The highest BCUT2D eigenvalue weighted by Gasteiger charge is 2.21. The molecule has 0 fully saturated rings. The highest BCUT2D eigenvalue weighted by molar-refractivity contribution is 7.94. The Bertz CT molecular complexity index is 1200. The number of hydrogen-bond donors (Lipinski definition) is 1. The highest BCUT2D eigenvalue weighted by Crippen LogP contribution is 2.38. The van der Waals surface area contributed by atoms with Crippen LogP contribution < -0.4 is 19.5 Å². The Labute approximate surface area is 173 Å². The molecule has 2 aromatic rings. The van der Waals surface area contributed by atoms with Crippen LogP contribution in [0.25, 0.3) is 12.2 Å². The van der Waals surface area contributed by atoms with Gasteiger partial charge in [-0.3, -0.25) is 4.79 Å². The number of fused-ring (bicyclic) bond motifs is 1. The minimum absolute atomic E-state index is 0.104. The van der Waals surface area contributed by atoms with Gasteiger partial charge in [-0.1, -0.05) is 6.07 Å². The molecule has 0 aliphatic carbocycles. The molecule has 8 nitrogen and oxygen atoms in total. The fourth-order valence-corrected chi connectivity index (χ4v) is 4.16. The van der Waals surface area contributed by atoms with Crippen molar-refractivity contribution in [2.24, 2.45) is 0 Å². The Balaban J connectivity index is 1.91. The molecule has 0 saturated carbocycles. The van der Waals surface area contributed by atoms with Gasteiger partial charge in [-0.05, 0) is 47.5 Å². The van der Waals surface area contributed by atoms with Crippen molar-refractivity contribution in [2.45, 2.75) is 4.90 Å². The third-order valence-electron chi connectivity index (χ3n) is 4.37. The molecule has 0 unspecified atom stereocenters. The molecule has 1 amide bonds. The molecule has 2 aromatic carbocycles. The molecular formula is C21H18N2O6S. The topological polar surface area (TPSA) is 115 Å². The molecule has 0 spiro atoms. The first-order valence-electron chi connectivity index (χ1n) is 8.63. The highest BCUT2D eigenvalue weighted by atomic mass is 32.2. The van der Waals surface area contributed by atoms with Gasteiger partial charge < -0.3 is 19.5 Å². The molecule has 0 saturated heterocycles. The average molecular weight is 426 g/mol. The number of nitriles is 1. The normalized spacial score (nSPS) is 13.9. The van der Waals surface area contributed by atoms with Gasteiger partial charge in [-0.25, -0.2) is 8.42 Å². The van der Waals surface area contributed by atoms with Crippen LogP contribution in [0.4, 0.5) is 5.69 Å². The zero-order valence-corrected chi connectivity index (χ0v) is 17.2. The fourth-order valence-electron chi connectivity index (χ4n) is 2.93. The van der Waals surface area contributed by atoms with Gasteiger partial charge in [0.15, 0.2) is 11.5 Å². The van der Waals surface area contributed by atoms with Gasteiger partial charge in [0.25, 0.3) is 5.91 Å². The van der Waals surface area contributed by atoms with Crippen LogP contribution >= 0.6 is 0 Å². The summed E-state index contributed by atoms with van der Waals surface area (Å²) in [5.74, 6) is 0.442. The van der Waals surface area contributed by atoms with E-state index in [9.17, 15) is 18.5 Å². The van der Waals surface area contributed by atoms with Crippen LogP contribution in [0.2, 0.25) is 0 Å². The second-order valence-electron chi connectivity index (χ2n) is 6.18. The maximum absolute atomic E-state index is 12.6. The van der Waals surface area contributed by atoms with Crippen LogP contribution in [-0.4, -0.2) is 35.7 Å². The largest absolute Gasteiger partial charge is 0.493 e. The van der Waals surface area contributed by atoms with Crippen molar-refractivity contribution in [3.63, 3.8) is 0 Å². The first-order chi connectivity index (χ1) is 14.3. The number of methoxy groups -OCH3 is 3. The number of hydrogen-bond acceptors (Lipinski definition) is 7. The summed E-state index contributed by atoms with van der Waals surface area (Å²) in [7, 11) is 0.873. The predicted molar refractivity (Wildman–Crippen MR) is 111 cm³/mol. The lowest BCUT2D eigenvalue weighted by molar-refractivity contribution is -0.112. The lowest BCUT2D eigenvalue weighted by Crippen LogP contribution is -2.13. The van der Waals surface area contributed by atoms with Gasteiger partial charge in [0.2, 0.25) is 15.6 Å². The molecule has 1 heterocycles. The summed E-state index contributed by atoms with van der Waals surface area (Å²) in [5.41, 5.74) is 1.10. The number of rotatable bonds is 6. The maximum Gasteiger partial charge on any atom is 0.266 e. The molecule has 3 rings (SSSR count). The number of benzene rings is 2. The Kier molecular flexibility index (Phi) is 5.80. The molecule has 1 aliphatic rings. The van der Waals surface area contributed by atoms with Crippen molar-refractivity contribution < 1.29 is 27.4 Å². The Morgan fingerprint density at radius 1 is 1.07 bits per heavy atom. The first-order valence-corrected chi connectivity index (χ1v) is 10.2. The number of ether oxygens (including phenoxy) is 3. The van der Waals surface area contributed by atoms with Crippen LogP contribution in [0.15, 0.2) is 46.2 Å². The number of carbonyl (C=O) groups excluding carboxylic acids is 1. The lowest BCUT2D eigenvalue weighted by atomic mass is 10.1. The fraction of sp³-hybridized carbons (Fsp3) is 0.143. The molecule has 0 aromatic heterocycles. The van der Waals surface area contributed by atoms with Crippen molar-refractivity contribution in [3.8, 4) is 23.3 Å². The number of sulfone groups is 1. The van der Waals surface area contributed by atoms with Crippen LogP contribution in [0.3, 0.4) is 0 Å². The summed E-state index contributed by atoms with van der Waals surface area (Å²) in [6.45, 7) is 0. The van der Waals surface area contributed by atoms with E-state index in [1.165, 1.54) is 39.5 Å². The van der Waals surface area contributed by atoms with E-state index in [-0.39, 0.29) is 16.2 Å². The van der Waals surface area contributed by atoms with E-state index < -0.39 is 15.7 Å². The van der Waals surface area contributed by atoms with Gasteiger partial charge >= 0.3 is 0 Å². The quantitative estimate of drug-likeness (QED) is 0.558. The molecule has 0 radical (unpaired) electrons. The van der Waals surface area contributed by atoms with Gasteiger partial charge in [0.1, 0.15) is 11.6 Å². The smallest absolute Gasteiger partial charge is 0.266 e. The number of amides is 1. The summed E-state index contributed by atoms with van der Waals surface area (Å²) in [6, 6.07) is 9.55. The molecule has 30 heavy (non-hydrogen) atoms. The molecule has 1 aliphatic heterocycles. The SMILES string of the molecule is COc1cc(C=C(C#N)C(=O)Nc2ccc3c(c2)S(=O)(=O)C=C3)cc(OC)c1OC. The first kappa shape index (κ1) is 21.0. The zero-order chi connectivity index (χ0) is 21.9. The average Bonchev–Trinajstić information content (AvgIpc) is 3.05. The minimum atomic E-state index is -3.51. The van der Waals surface area contributed by atoms with Crippen LogP contribution in [-0.2, 0) is 14.6 Å². The van der Waals surface area contributed by atoms with Crippen molar-refractivity contribution in [3.05, 3.63) is 52.4 Å². The predicted octanol–water partition coefficient (Wildman–Crippen LogP) is 3.02. The number of nitrogens with one attached hydrogen (secondary N) is 1. The van der Waals surface area contributed by atoms with E-state index >= 15 is 0 Å². The third-order valence-corrected chi connectivity index (χ3v) is 5.83. The molecule has 0 bridgehead atoms. The van der Waals surface area contributed by atoms with E-state index in [1.807, 2.05) is 6.07 Å². The maximum atomic E-state index is 12.6. The Morgan fingerprint density at radius 3 is 2.30 bits per heavy atom. The van der Waals surface area contributed by atoms with Gasteiger partial charge in [0.05, 0.1) is 26.2 Å². The summed E-state index contributed by atoms with van der Waals surface area (Å²) in [5, 5.41) is 13.1. The van der Waals surface area contributed by atoms with Gasteiger partial charge in [0, 0.05) is 11.1 Å². The molecule has 0 atom stereocenters. The standard InChI is InChI=1S/C21H18N2O6S/c1-27-17-9-13(10-18(28-2)20(17)29-3)8-15(12-22)21(24)23-16-5-4-14-6-7-30(25,26)19(14)11-16/h4-11H,1-3H3,(H,23,24). The molecule has 1 N–H and O–H groups in total. The molecular weight excluding hydrogens is 408 g/mol. The van der Waals surface area contributed by atoms with Crippen molar-refractivity contribution in [1.29, 1.82) is 5.26 Å². The summed E-state index contributed by atoms with van der Waals surface area (Å²) < 4.78 is 39.8. The van der Waals surface area contributed by atoms with Gasteiger partial charge in [-0.15, -0.1) is 0 Å². The zero-order valence-electron chi connectivity index (χ0n) is 16.4. The van der Waals surface area contributed by atoms with E-state index in [4.69, 9.17) is 14.2 Å². The van der Waals surface area contributed by atoms with E-state index in [0.717, 1.165) is 5.41 Å². The minimum Gasteiger partial charge on any atom is -0.493 e. The summed E-state index contributed by atoms with van der Waals surface area (Å²) >= 11 is 0. The van der Waals surface area contributed by atoms with Crippen molar-refractivity contribution in [1.82, 2.24) is 0 Å². The van der Waals surface area contributed by atoms with E-state index in [0.29, 0.717) is 28.4 Å². The van der Waals surface area contributed by atoms with Gasteiger partial charge in [-0.2, -0.15) is 5.26 Å². The lowest BCUT2D eigenvalue weighted by Gasteiger charge is -2.13. The van der Waals surface area contributed by atoms with E-state index in [1.54, 1.807) is 24.3 Å². The second kappa shape index (κ2) is 8.31. The van der Waals surface area contributed by atoms with Crippen molar-refractivity contribution >= 4 is 33.6 Å². The van der Waals surface area contributed by atoms with Crippen LogP contribution in [0.5, 0.6) is 17.2 Å². The Hall–Kier alpha value is -3.77. The molecule has 9 heteroatoms. The summed E-state index contributed by atoms with van der Waals surface area (Å²) in [6.07, 6.45) is 2.85. The number of nitrogens with zero attached hydrogens (tertiary/aromatic N) is 1. The third kappa shape index (κ3) is 3.99. The molecule has 154 valence electrons. The van der Waals surface area contributed by atoms with Crippen LogP contribution in [0.1, 0.15) is 11.1 Å². The van der Waals surface area contributed by atoms with E-state index in [2.05, 4.69) is 5.32 Å². The summed E-state index contributed by atoms with van der Waals surface area (Å²) in [4.78, 5) is 12.7.